The molecule has 4 nitrogen and oxygen atoms in total. The smallest absolute Gasteiger partial charge is 0.316 e. The summed E-state index contributed by atoms with van der Waals surface area (Å²) < 4.78 is 24.3. The van der Waals surface area contributed by atoms with Crippen molar-refractivity contribution in [2.24, 2.45) is 4.36 Å². The van der Waals surface area contributed by atoms with Gasteiger partial charge >= 0.3 is 10.5 Å². The molecule has 0 spiro atoms. The number of hydrogen-bond donors (Lipinski definition) is 1. The van der Waals surface area contributed by atoms with Gasteiger partial charge in [-0.25, -0.2) is 0 Å². The van der Waals surface area contributed by atoms with Gasteiger partial charge in [-0.3, -0.25) is 0 Å². The SMILES string of the molecule is CC(=Cc1ccc(N=S(=O)=O)cc1)c1ccc(N)cc1. The second kappa shape index (κ2) is 6.16. The van der Waals surface area contributed by atoms with Gasteiger partial charge in [0.2, 0.25) is 0 Å². The Labute approximate surface area is 119 Å². The van der Waals surface area contributed by atoms with Crippen molar-refractivity contribution in [1.29, 1.82) is 0 Å². The van der Waals surface area contributed by atoms with E-state index in [1.54, 1.807) is 12.1 Å². The van der Waals surface area contributed by atoms with Crippen molar-refractivity contribution in [3.8, 4) is 0 Å². The predicted molar refractivity (Wildman–Crippen MR) is 81.8 cm³/mol. The largest absolute Gasteiger partial charge is 0.399 e. The first-order valence-corrected chi connectivity index (χ1v) is 7.03. The highest BCUT2D eigenvalue weighted by Gasteiger charge is 1.97. The van der Waals surface area contributed by atoms with Crippen LogP contribution in [0.15, 0.2) is 52.9 Å². The van der Waals surface area contributed by atoms with Gasteiger partial charge in [-0.2, -0.15) is 8.42 Å². The van der Waals surface area contributed by atoms with Crippen LogP contribution in [0, 0.1) is 0 Å². The number of anilines is 1. The number of nitrogens with zero attached hydrogens (tertiary/aromatic N) is 1. The predicted octanol–water partition coefficient (Wildman–Crippen LogP) is 3.52. The molecule has 0 radical (unpaired) electrons. The minimum atomic E-state index is -2.42. The molecular formula is C15H14N2O2S. The zero-order valence-corrected chi connectivity index (χ0v) is 11.8. The summed E-state index contributed by atoms with van der Waals surface area (Å²) >= 11 is 0. The van der Waals surface area contributed by atoms with Crippen LogP contribution >= 0.6 is 0 Å². The van der Waals surface area contributed by atoms with E-state index in [0.717, 1.165) is 22.4 Å². The summed E-state index contributed by atoms with van der Waals surface area (Å²) in [6.45, 7) is 2.01. The first-order chi connectivity index (χ1) is 9.54. The Balaban J connectivity index is 2.26. The summed E-state index contributed by atoms with van der Waals surface area (Å²) in [4.78, 5) is 0. The summed E-state index contributed by atoms with van der Waals surface area (Å²) in [7, 11) is -2.42. The summed E-state index contributed by atoms with van der Waals surface area (Å²) in [5.41, 5.74) is 9.98. The second-order valence-corrected chi connectivity index (χ2v) is 4.97. The van der Waals surface area contributed by atoms with E-state index < -0.39 is 10.5 Å². The summed E-state index contributed by atoms with van der Waals surface area (Å²) in [6.07, 6.45) is 2.02. The molecule has 0 heterocycles. The number of nitrogen functional groups attached to an aromatic ring is 1. The lowest BCUT2D eigenvalue weighted by molar-refractivity contribution is 0.622. The van der Waals surface area contributed by atoms with Crippen LogP contribution in [-0.2, 0) is 10.5 Å². The molecule has 2 N–H and O–H groups in total. The van der Waals surface area contributed by atoms with Crippen LogP contribution in [0.4, 0.5) is 11.4 Å². The third-order valence-corrected chi connectivity index (χ3v) is 3.18. The van der Waals surface area contributed by atoms with Crippen LogP contribution < -0.4 is 5.73 Å². The Bertz CT molecular complexity index is 751. The van der Waals surface area contributed by atoms with Crippen molar-refractivity contribution in [2.75, 3.05) is 5.73 Å². The molecule has 0 aromatic heterocycles. The molecule has 0 amide bonds. The van der Waals surface area contributed by atoms with E-state index in [-0.39, 0.29) is 0 Å². The van der Waals surface area contributed by atoms with Gasteiger partial charge in [-0.1, -0.05) is 30.3 Å². The van der Waals surface area contributed by atoms with Crippen molar-refractivity contribution >= 4 is 33.5 Å². The maximum atomic E-state index is 10.5. The molecule has 0 fully saturated rings. The molecule has 20 heavy (non-hydrogen) atoms. The number of hydrogen-bond acceptors (Lipinski definition) is 4. The number of nitrogens with two attached hydrogens (primary N) is 1. The zero-order valence-electron chi connectivity index (χ0n) is 10.9. The van der Waals surface area contributed by atoms with Gasteiger partial charge in [0.15, 0.2) is 0 Å². The second-order valence-electron chi connectivity index (χ2n) is 4.35. The van der Waals surface area contributed by atoms with E-state index in [9.17, 15) is 8.42 Å². The highest BCUT2D eigenvalue weighted by molar-refractivity contribution is 7.61. The summed E-state index contributed by atoms with van der Waals surface area (Å²) in [5.74, 6) is 0. The van der Waals surface area contributed by atoms with Crippen molar-refractivity contribution in [1.82, 2.24) is 0 Å². The van der Waals surface area contributed by atoms with Crippen molar-refractivity contribution < 1.29 is 8.42 Å². The topological polar surface area (TPSA) is 72.5 Å². The Morgan fingerprint density at radius 3 is 2.20 bits per heavy atom. The van der Waals surface area contributed by atoms with Crippen LogP contribution in [0.1, 0.15) is 18.1 Å². The molecule has 0 saturated heterocycles. The molecule has 0 aliphatic heterocycles. The minimum absolute atomic E-state index is 0.417. The maximum absolute atomic E-state index is 10.5. The molecule has 2 rings (SSSR count). The molecule has 0 unspecified atom stereocenters. The Morgan fingerprint density at radius 2 is 1.65 bits per heavy atom. The minimum Gasteiger partial charge on any atom is -0.399 e. The van der Waals surface area contributed by atoms with Crippen molar-refractivity contribution in [3.05, 3.63) is 59.7 Å². The fraction of sp³-hybridized carbons (Fsp3) is 0.0667. The third-order valence-electron chi connectivity index (χ3n) is 2.82. The van der Waals surface area contributed by atoms with Gasteiger partial charge in [0.25, 0.3) is 0 Å². The molecule has 0 atom stereocenters. The van der Waals surface area contributed by atoms with E-state index in [1.165, 1.54) is 0 Å². The normalized spacial score (nSPS) is 11.2. The van der Waals surface area contributed by atoms with Gasteiger partial charge in [0.05, 0.1) is 5.69 Å². The maximum Gasteiger partial charge on any atom is 0.316 e. The molecule has 2 aromatic carbocycles. The van der Waals surface area contributed by atoms with Gasteiger partial charge in [0, 0.05) is 5.69 Å². The highest BCUT2D eigenvalue weighted by atomic mass is 32.2. The lowest BCUT2D eigenvalue weighted by Gasteiger charge is -2.03. The standard InChI is InChI=1S/C15H14N2O2S/c1-11(13-4-6-14(16)7-5-13)10-12-2-8-15(9-3-12)17-20(18)19/h2-10H,16H2,1H3. The third kappa shape index (κ3) is 3.80. The van der Waals surface area contributed by atoms with Crippen LogP contribution in [-0.4, -0.2) is 8.42 Å². The molecule has 0 aliphatic carbocycles. The van der Waals surface area contributed by atoms with Crippen LogP contribution in [0.5, 0.6) is 0 Å². The molecule has 0 aliphatic rings. The van der Waals surface area contributed by atoms with E-state index in [0.29, 0.717) is 5.69 Å². The van der Waals surface area contributed by atoms with Crippen LogP contribution in [0.3, 0.4) is 0 Å². The number of rotatable bonds is 3. The first-order valence-electron chi connectivity index (χ1n) is 6.00. The molecule has 5 heteroatoms. The first kappa shape index (κ1) is 14.0. The van der Waals surface area contributed by atoms with E-state index in [2.05, 4.69) is 4.36 Å². The van der Waals surface area contributed by atoms with Gasteiger partial charge in [-0.15, -0.1) is 4.36 Å². The average Bonchev–Trinajstić information content (AvgIpc) is 2.41. The lowest BCUT2D eigenvalue weighted by Crippen LogP contribution is -1.85. The highest BCUT2D eigenvalue weighted by Crippen LogP contribution is 2.20. The zero-order chi connectivity index (χ0) is 14.5. The van der Waals surface area contributed by atoms with Crippen LogP contribution in [0.25, 0.3) is 11.6 Å². The van der Waals surface area contributed by atoms with Crippen molar-refractivity contribution in [2.45, 2.75) is 6.92 Å². The number of allylic oxidation sites excluding steroid dienone is 1. The summed E-state index contributed by atoms with van der Waals surface area (Å²) in [6, 6.07) is 14.6. The Hall–Kier alpha value is -2.40. The lowest BCUT2D eigenvalue weighted by atomic mass is 10.0. The average molecular weight is 286 g/mol. The molecule has 0 saturated carbocycles. The monoisotopic (exact) mass is 286 g/mol. The van der Waals surface area contributed by atoms with Crippen LogP contribution in [0.2, 0.25) is 0 Å². The van der Waals surface area contributed by atoms with Crippen molar-refractivity contribution in [3.63, 3.8) is 0 Å². The molecule has 2 aromatic rings. The van der Waals surface area contributed by atoms with Gasteiger partial charge in [-0.05, 0) is 47.9 Å². The Morgan fingerprint density at radius 1 is 1.05 bits per heavy atom. The fourth-order valence-corrected chi connectivity index (χ4v) is 2.09. The number of benzene rings is 2. The fourth-order valence-electron chi connectivity index (χ4n) is 1.80. The van der Waals surface area contributed by atoms with Gasteiger partial charge < -0.3 is 5.73 Å². The van der Waals surface area contributed by atoms with E-state index in [4.69, 9.17) is 5.73 Å². The van der Waals surface area contributed by atoms with Gasteiger partial charge in [0.1, 0.15) is 0 Å². The summed E-state index contributed by atoms with van der Waals surface area (Å²) in [5, 5.41) is 0. The molecule has 102 valence electrons. The Kier molecular flexibility index (Phi) is 4.32. The van der Waals surface area contributed by atoms with E-state index >= 15 is 0 Å². The van der Waals surface area contributed by atoms with E-state index in [1.807, 2.05) is 49.4 Å². The quantitative estimate of drug-likeness (QED) is 0.693. The molecule has 0 bridgehead atoms. The molecular weight excluding hydrogens is 272 g/mol.